The van der Waals surface area contributed by atoms with E-state index in [1.165, 1.54) is 4.88 Å². The highest BCUT2D eigenvalue weighted by molar-refractivity contribution is 7.09. The van der Waals surface area contributed by atoms with E-state index < -0.39 is 0 Å². The molecule has 0 aliphatic carbocycles. The van der Waals surface area contributed by atoms with Crippen molar-refractivity contribution in [1.82, 2.24) is 9.97 Å². The molecule has 0 amide bonds. The summed E-state index contributed by atoms with van der Waals surface area (Å²) in [6.07, 6.45) is 0. The van der Waals surface area contributed by atoms with Gasteiger partial charge >= 0.3 is 0 Å². The maximum Gasteiger partial charge on any atom is 0.232 e. The zero-order valence-corrected chi connectivity index (χ0v) is 16.8. The second-order valence-corrected chi connectivity index (χ2v) is 7.66. The molecule has 2 aromatic heterocycles. The van der Waals surface area contributed by atoms with E-state index in [0.29, 0.717) is 25.6 Å². The lowest BCUT2D eigenvalue weighted by Gasteiger charge is -2.30. The number of benzene rings is 2. The van der Waals surface area contributed by atoms with E-state index in [-0.39, 0.29) is 0 Å². The Labute approximate surface area is 172 Å². The van der Waals surface area contributed by atoms with E-state index in [2.05, 4.69) is 27.7 Å². The van der Waals surface area contributed by atoms with Crippen LogP contribution in [-0.2, 0) is 6.54 Å². The number of aromatic nitrogens is 2. The first-order valence-electron chi connectivity index (χ1n) is 9.44. The minimum Gasteiger partial charge on any atom is -0.494 e. The van der Waals surface area contributed by atoms with Crippen LogP contribution >= 0.6 is 11.3 Å². The third kappa shape index (κ3) is 3.34. The highest BCUT2D eigenvalue weighted by Crippen LogP contribution is 2.37. The topological polar surface area (TPSA) is 59.5 Å². The van der Waals surface area contributed by atoms with Gasteiger partial charge in [-0.15, -0.1) is 11.3 Å². The Bertz CT molecular complexity index is 1150. The van der Waals surface area contributed by atoms with Crippen LogP contribution in [0.1, 0.15) is 4.88 Å². The number of fused-ring (bicyclic) bond motifs is 2. The van der Waals surface area contributed by atoms with Crippen molar-refractivity contribution >= 4 is 39.7 Å². The van der Waals surface area contributed by atoms with Crippen LogP contribution in [-0.4, -0.2) is 30.2 Å². The molecule has 0 saturated heterocycles. The number of anilines is 3. The minimum atomic E-state index is 0.586. The van der Waals surface area contributed by atoms with Gasteiger partial charge in [0.2, 0.25) is 5.95 Å². The van der Waals surface area contributed by atoms with Crippen LogP contribution in [0.15, 0.2) is 60.0 Å². The Morgan fingerprint density at radius 1 is 1.10 bits per heavy atom. The number of hydrogen-bond donors (Lipinski definition) is 1. The summed E-state index contributed by atoms with van der Waals surface area (Å²) in [5.74, 6) is 3.00. The number of hydrogen-bond acceptors (Lipinski definition) is 7. The molecule has 5 rings (SSSR count). The molecular weight excluding hydrogens is 384 g/mol. The Morgan fingerprint density at radius 3 is 2.90 bits per heavy atom. The third-order valence-corrected chi connectivity index (χ3v) is 5.75. The number of nitrogens with zero attached hydrogens (tertiary/aromatic N) is 3. The molecule has 7 heteroatoms. The van der Waals surface area contributed by atoms with E-state index in [9.17, 15) is 0 Å². The monoisotopic (exact) mass is 404 g/mol. The zero-order chi connectivity index (χ0) is 19.6. The third-order valence-electron chi connectivity index (χ3n) is 4.88. The second kappa shape index (κ2) is 7.60. The fourth-order valence-electron chi connectivity index (χ4n) is 3.50. The lowest BCUT2D eigenvalue weighted by Crippen LogP contribution is -2.30. The number of methoxy groups -OCH3 is 1. The Morgan fingerprint density at radius 2 is 2.03 bits per heavy atom. The number of ether oxygens (including phenoxy) is 2. The average Bonchev–Trinajstić information content (AvgIpc) is 3.30. The van der Waals surface area contributed by atoms with Gasteiger partial charge in [-0.3, -0.25) is 0 Å². The summed E-state index contributed by atoms with van der Waals surface area (Å²) in [6.45, 7) is 1.98. The molecule has 3 heterocycles. The van der Waals surface area contributed by atoms with Crippen LogP contribution in [0, 0.1) is 0 Å². The maximum absolute atomic E-state index is 5.80. The van der Waals surface area contributed by atoms with Crippen molar-refractivity contribution in [3.8, 4) is 11.5 Å². The molecule has 1 N–H and O–H groups in total. The van der Waals surface area contributed by atoms with Crippen molar-refractivity contribution in [2.75, 3.05) is 30.5 Å². The van der Waals surface area contributed by atoms with Gasteiger partial charge in [-0.1, -0.05) is 24.3 Å². The van der Waals surface area contributed by atoms with Crippen LogP contribution < -0.4 is 19.7 Å². The first-order chi connectivity index (χ1) is 14.3. The lowest BCUT2D eigenvalue weighted by atomic mass is 10.2. The predicted octanol–water partition coefficient (Wildman–Crippen LogP) is 4.84. The van der Waals surface area contributed by atoms with Crippen molar-refractivity contribution in [3.63, 3.8) is 0 Å². The summed E-state index contributed by atoms with van der Waals surface area (Å²) >= 11 is 1.72. The number of rotatable bonds is 5. The highest BCUT2D eigenvalue weighted by atomic mass is 32.1. The summed E-state index contributed by atoms with van der Waals surface area (Å²) in [5.41, 5.74) is 1.76. The van der Waals surface area contributed by atoms with Gasteiger partial charge < -0.3 is 19.7 Å². The Balaban J connectivity index is 1.62. The molecule has 4 aromatic rings. The van der Waals surface area contributed by atoms with E-state index in [0.717, 1.165) is 33.9 Å². The van der Waals surface area contributed by atoms with Crippen molar-refractivity contribution < 1.29 is 9.47 Å². The molecule has 146 valence electrons. The number of para-hydroxylation sites is 3. The smallest absolute Gasteiger partial charge is 0.232 e. The van der Waals surface area contributed by atoms with Crippen LogP contribution in [0.3, 0.4) is 0 Å². The van der Waals surface area contributed by atoms with Gasteiger partial charge in [0.25, 0.3) is 0 Å². The molecule has 0 fully saturated rings. The summed E-state index contributed by atoms with van der Waals surface area (Å²) in [7, 11) is 1.67. The van der Waals surface area contributed by atoms with Crippen molar-refractivity contribution in [2.24, 2.45) is 0 Å². The molecule has 0 saturated carbocycles. The quantitative estimate of drug-likeness (QED) is 0.513. The van der Waals surface area contributed by atoms with E-state index >= 15 is 0 Å². The van der Waals surface area contributed by atoms with Gasteiger partial charge in [0.1, 0.15) is 29.4 Å². The molecule has 1 aliphatic heterocycles. The summed E-state index contributed by atoms with van der Waals surface area (Å²) in [5, 5.41) is 6.50. The van der Waals surface area contributed by atoms with Crippen LogP contribution in [0.5, 0.6) is 11.5 Å². The van der Waals surface area contributed by atoms with Gasteiger partial charge in [-0.25, -0.2) is 4.98 Å². The molecule has 0 spiro atoms. The highest BCUT2D eigenvalue weighted by Gasteiger charge is 2.23. The van der Waals surface area contributed by atoms with E-state index in [1.54, 1.807) is 18.4 Å². The number of thiophene rings is 1. The normalized spacial score (nSPS) is 13.1. The molecule has 0 radical (unpaired) electrons. The molecular formula is C22H20N4O2S. The zero-order valence-electron chi connectivity index (χ0n) is 16.0. The fourth-order valence-corrected chi connectivity index (χ4v) is 4.14. The first kappa shape index (κ1) is 17.8. The molecule has 0 bridgehead atoms. The average molecular weight is 404 g/mol. The SMILES string of the molecule is COc1cccc2c(NCc3cccs3)nc(N3CCOc4ccccc43)nc12. The lowest BCUT2D eigenvalue weighted by molar-refractivity contribution is 0.313. The fraction of sp³-hybridized carbons (Fsp3) is 0.182. The largest absolute Gasteiger partial charge is 0.494 e. The van der Waals surface area contributed by atoms with Crippen LogP contribution in [0.25, 0.3) is 10.9 Å². The van der Waals surface area contributed by atoms with Gasteiger partial charge in [-0.05, 0) is 35.7 Å². The van der Waals surface area contributed by atoms with Crippen molar-refractivity contribution in [1.29, 1.82) is 0 Å². The van der Waals surface area contributed by atoms with E-state index in [1.807, 2.05) is 42.5 Å². The van der Waals surface area contributed by atoms with Gasteiger partial charge in [0, 0.05) is 10.3 Å². The van der Waals surface area contributed by atoms with E-state index in [4.69, 9.17) is 19.4 Å². The summed E-state index contributed by atoms with van der Waals surface area (Å²) in [6, 6.07) is 18.0. The molecule has 1 aliphatic rings. The molecule has 29 heavy (non-hydrogen) atoms. The standard InChI is InChI=1S/C22H20N4O2S/c1-27-19-10-4-7-16-20(19)24-22(25-21(16)23-14-15-6-5-13-29-15)26-11-12-28-18-9-3-2-8-17(18)26/h2-10,13H,11-12,14H2,1H3,(H,23,24,25). The molecule has 0 atom stereocenters. The van der Waals surface area contributed by atoms with Crippen molar-refractivity contribution in [3.05, 3.63) is 64.9 Å². The molecule has 6 nitrogen and oxygen atoms in total. The van der Waals surface area contributed by atoms with Crippen molar-refractivity contribution in [2.45, 2.75) is 6.54 Å². The van der Waals surface area contributed by atoms with Gasteiger partial charge in [0.15, 0.2) is 0 Å². The second-order valence-electron chi connectivity index (χ2n) is 6.63. The molecule has 0 unspecified atom stereocenters. The minimum absolute atomic E-state index is 0.586. The Kier molecular flexibility index (Phi) is 4.65. The molecule has 2 aromatic carbocycles. The number of nitrogens with one attached hydrogen (secondary N) is 1. The Hall–Kier alpha value is -3.32. The maximum atomic E-state index is 5.80. The first-order valence-corrected chi connectivity index (χ1v) is 10.3. The van der Waals surface area contributed by atoms with Crippen LogP contribution in [0.4, 0.5) is 17.5 Å². The summed E-state index contributed by atoms with van der Waals surface area (Å²) in [4.78, 5) is 13.1. The van der Waals surface area contributed by atoms with Crippen LogP contribution in [0.2, 0.25) is 0 Å². The van der Waals surface area contributed by atoms with Gasteiger partial charge in [0.05, 0.1) is 25.9 Å². The van der Waals surface area contributed by atoms with Gasteiger partial charge in [-0.2, -0.15) is 4.98 Å². The summed E-state index contributed by atoms with van der Waals surface area (Å²) < 4.78 is 11.4. The predicted molar refractivity (Wildman–Crippen MR) is 117 cm³/mol.